The number of anilines is 1. The summed E-state index contributed by atoms with van der Waals surface area (Å²) in [5.74, 6) is 0.365. The average molecular weight is 567 g/mol. The molecule has 1 aromatic heterocycles. The van der Waals surface area contributed by atoms with Crippen molar-refractivity contribution in [3.63, 3.8) is 0 Å². The zero-order valence-electron chi connectivity index (χ0n) is 22.7. The van der Waals surface area contributed by atoms with E-state index in [0.717, 1.165) is 11.9 Å². The number of carbonyl (C=O) groups excluding carboxylic acids is 1. The van der Waals surface area contributed by atoms with Crippen LogP contribution in [0.25, 0.3) is 11.0 Å². The summed E-state index contributed by atoms with van der Waals surface area (Å²) < 4.78 is 39.9. The maximum absolute atomic E-state index is 12.7. The molecule has 0 spiro atoms. The van der Waals surface area contributed by atoms with Gasteiger partial charge in [0.2, 0.25) is 0 Å². The highest BCUT2D eigenvalue weighted by Crippen LogP contribution is 2.23. The number of aryl methyl sites for hydroxylation is 1. The molecule has 1 heterocycles. The van der Waals surface area contributed by atoms with E-state index in [-0.39, 0.29) is 23.6 Å². The zero-order valence-corrected chi connectivity index (χ0v) is 23.5. The number of benzene rings is 3. The molecule has 11 heteroatoms. The molecule has 0 bridgehead atoms. The predicted octanol–water partition coefficient (Wildman–Crippen LogP) is 4.86. The van der Waals surface area contributed by atoms with Crippen LogP contribution in [-0.2, 0) is 21.3 Å². The minimum absolute atomic E-state index is 0.167. The lowest BCUT2D eigenvalue weighted by Crippen LogP contribution is -2.42. The van der Waals surface area contributed by atoms with Crippen LogP contribution in [0.2, 0.25) is 0 Å². The number of nitrogens with zero attached hydrogens (tertiary/aromatic N) is 2. The van der Waals surface area contributed by atoms with Gasteiger partial charge in [-0.25, -0.2) is 18.2 Å². The van der Waals surface area contributed by atoms with Crippen LogP contribution in [0.15, 0.2) is 84.0 Å². The summed E-state index contributed by atoms with van der Waals surface area (Å²) in [4.78, 5) is 16.2. The topological polar surface area (TPSA) is 132 Å². The second-order valence-corrected chi connectivity index (χ2v) is 11.6. The van der Waals surface area contributed by atoms with E-state index in [0.29, 0.717) is 29.1 Å². The zero-order chi connectivity index (χ0) is 28.8. The largest absolute Gasteiger partial charge is 0.513 e. The third kappa shape index (κ3) is 7.59. The summed E-state index contributed by atoms with van der Waals surface area (Å²) >= 11 is 0. The third-order valence-corrected chi connectivity index (χ3v) is 7.78. The summed E-state index contributed by atoms with van der Waals surface area (Å²) in [5, 5.41) is 14.2. The first-order valence-electron chi connectivity index (χ1n) is 13.0. The molecule has 0 aliphatic heterocycles. The van der Waals surface area contributed by atoms with E-state index in [1.54, 1.807) is 67.8 Å². The second kappa shape index (κ2) is 12.5. The SMILES string of the molecule is CCOC(=O)Oc1ccc2c(c1)ncn2CCC(C)(C)NC[C@H](O)c1cccc(NS(=O)(=O)c2ccccc2)c1. The number of ether oxygens (including phenoxy) is 2. The Balaban J connectivity index is 1.33. The Kier molecular flexibility index (Phi) is 9.08. The van der Waals surface area contributed by atoms with Crippen LogP contribution in [0.4, 0.5) is 10.5 Å². The van der Waals surface area contributed by atoms with Crippen LogP contribution < -0.4 is 14.8 Å². The maximum Gasteiger partial charge on any atom is 0.513 e. The van der Waals surface area contributed by atoms with E-state index in [9.17, 15) is 18.3 Å². The molecular formula is C29H34N4O6S. The molecule has 4 aromatic rings. The van der Waals surface area contributed by atoms with Crippen LogP contribution in [0, 0.1) is 0 Å². The number of rotatable bonds is 12. The van der Waals surface area contributed by atoms with Gasteiger partial charge in [0.15, 0.2) is 0 Å². The number of aliphatic hydroxyl groups is 1. The van der Waals surface area contributed by atoms with Crippen LogP contribution in [0.5, 0.6) is 5.75 Å². The Morgan fingerprint density at radius 1 is 1.07 bits per heavy atom. The number of carbonyl (C=O) groups is 1. The Morgan fingerprint density at radius 2 is 1.85 bits per heavy atom. The van der Waals surface area contributed by atoms with Crippen molar-refractivity contribution in [1.29, 1.82) is 0 Å². The molecule has 40 heavy (non-hydrogen) atoms. The number of β-amino-alcohol motifs (C(OH)–C–C–N with tert-alkyl or cyclic N) is 1. The number of sulfonamides is 1. The van der Waals surface area contributed by atoms with Crippen molar-refractivity contribution < 1.29 is 27.8 Å². The smallest absolute Gasteiger partial charge is 0.434 e. The van der Waals surface area contributed by atoms with Gasteiger partial charge in [-0.1, -0.05) is 30.3 Å². The van der Waals surface area contributed by atoms with Gasteiger partial charge in [-0.3, -0.25) is 4.72 Å². The van der Waals surface area contributed by atoms with Crippen LogP contribution in [-0.4, -0.2) is 47.9 Å². The molecule has 0 amide bonds. The molecule has 10 nitrogen and oxygen atoms in total. The Bertz CT molecular complexity index is 1550. The Morgan fingerprint density at radius 3 is 2.60 bits per heavy atom. The standard InChI is InChI=1S/C29H34N4O6S/c1-4-38-28(35)39-23-13-14-26-25(18-23)30-20-33(26)16-15-29(2,3)31-19-27(34)21-9-8-10-22(17-21)32-40(36,37)24-11-6-5-7-12-24/h5-14,17-18,20,27,31-32,34H,4,15-16,19H2,1-3H3/t27-/m0/s1. The van der Waals surface area contributed by atoms with Gasteiger partial charge < -0.3 is 24.5 Å². The molecule has 212 valence electrons. The highest BCUT2D eigenvalue weighted by atomic mass is 32.2. The van der Waals surface area contributed by atoms with Crippen molar-refractivity contribution in [3.8, 4) is 5.75 Å². The first kappa shape index (κ1) is 29.1. The lowest BCUT2D eigenvalue weighted by Gasteiger charge is -2.28. The molecule has 3 aromatic carbocycles. The van der Waals surface area contributed by atoms with Gasteiger partial charge in [-0.15, -0.1) is 0 Å². The van der Waals surface area contributed by atoms with Gasteiger partial charge in [-0.2, -0.15) is 0 Å². The highest BCUT2D eigenvalue weighted by molar-refractivity contribution is 7.92. The van der Waals surface area contributed by atoms with E-state index in [1.165, 1.54) is 12.1 Å². The fourth-order valence-corrected chi connectivity index (χ4v) is 5.20. The fraction of sp³-hybridized carbons (Fsp3) is 0.310. The van der Waals surface area contributed by atoms with Crippen LogP contribution >= 0.6 is 0 Å². The average Bonchev–Trinajstić information content (AvgIpc) is 3.33. The van der Waals surface area contributed by atoms with Gasteiger partial charge >= 0.3 is 6.16 Å². The normalized spacial score (nSPS) is 12.7. The van der Waals surface area contributed by atoms with E-state index in [1.807, 2.05) is 10.6 Å². The van der Waals surface area contributed by atoms with Crippen molar-refractivity contribution in [1.82, 2.24) is 14.9 Å². The minimum atomic E-state index is -3.73. The van der Waals surface area contributed by atoms with Crippen molar-refractivity contribution in [3.05, 3.63) is 84.7 Å². The number of fused-ring (bicyclic) bond motifs is 1. The van der Waals surface area contributed by atoms with E-state index in [2.05, 4.69) is 28.9 Å². The Labute approximate surface area is 234 Å². The molecule has 0 aliphatic rings. The summed E-state index contributed by atoms with van der Waals surface area (Å²) in [6.07, 6.45) is 0.887. The van der Waals surface area contributed by atoms with Gasteiger partial charge in [0.25, 0.3) is 10.0 Å². The first-order valence-corrected chi connectivity index (χ1v) is 14.4. The lowest BCUT2D eigenvalue weighted by atomic mass is 9.99. The van der Waals surface area contributed by atoms with Crippen LogP contribution in [0.3, 0.4) is 0 Å². The molecule has 1 atom stereocenters. The summed E-state index contributed by atoms with van der Waals surface area (Å²) in [5.41, 5.74) is 2.25. The number of hydrogen-bond donors (Lipinski definition) is 3. The van der Waals surface area contributed by atoms with Crippen molar-refractivity contribution in [2.24, 2.45) is 0 Å². The second-order valence-electron chi connectivity index (χ2n) is 9.95. The van der Waals surface area contributed by atoms with Gasteiger partial charge in [0.05, 0.1) is 35.0 Å². The molecule has 0 radical (unpaired) electrons. The Hall–Kier alpha value is -3.93. The maximum atomic E-state index is 12.7. The number of imidazole rings is 1. The summed E-state index contributed by atoms with van der Waals surface area (Å²) in [6, 6.07) is 20.1. The number of aromatic nitrogens is 2. The number of nitrogens with one attached hydrogen (secondary N) is 2. The number of aliphatic hydroxyl groups excluding tert-OH is 1. The molecule has 0 unspecified atom stereocenters. The van der Waals surface area contributed by atoms with Gasteiger partial charge in [0.1, 0.15) is 5.75 Å². The summed E-state index contributed by atoms with van der Waals surface area (Å²) in [7, 11) is -3.73. The number of hydrogen-bond acceptors (Lipinski definition) is 8. The predicted molar refractivity (Wildman–Crippen MR) is 153 cm³/mol. The van der Waals surface area contributed by atoms with Gasteiger partial charge in [0, 0.05) is 30.4 Å². The van der Waals surface area contributed by atoms with Gasteiger partial charge in [-0.05, 0) is 69.2 Å². The van der Waals surface area contributed by atoms with Crippen molar-refractivity contribution in [2.75, 3.05) is 17.9 Å². The summed E-state index contributed by atoms with van der Waals surface area (Å²) in [6.45, 7) is 6.99. The van der Waals surface area contributed by atoms with Crippen molar-refractivity contribution >= 4 is 32.9 Å². The lowest BCUT2D eigenvalue weighted by molar-refractivity contribution is 0.104. The van der Waals surface area contributed by atoms with E-state index >= 15 is 0 Å². The molecule has 0 fully saturated rings. The molecular weight excluding hydrogens is 532 g/mol. The fourth-order valence-electron chi connectivity index (χ4n) is 4.13. The molecule has 0 saturated carbocycles. The molecule has 0 aliphatic carbocycles. The molecule has 0 saturated heterocycles. The van der Waals surface area contributed by atoms with Crippen molar-refractivity contribution in [2.45, 2.75) is 50.3 Å². The minimum Gasteiger partial charge on any atom is -0.434 e. The molecule has 3 N–H and O–H groups in total. The third-order valence-electron chi connectivity index (χ3n) is 6.38. The van der Waals surface area contributed by atoms with E-state index < -0.39 is 22.3 Å². The highest BCUT2D eigenvalue weighted by Gasteiger charge is 2.21. The monoisotopic (exact) mass is 566 g/mol. The van der Waals surface area contributed by atoms with Crippen LogP contribution in [0.1, 0.15) is 38.9 Å². The quantitative estimate of drug-likeness (QED) is 0.164. The first-order chi connectivity index (χ1) is 19.1. The van der Waals surface area contributed by atoms with E-state index in [4.69, 9.17) is 9.47 Å². The molecule has 4 rings (SSSR count).